The lowest BCUT2D eigenvalue weighted by Crippen LogP contribution is -2.26. The van der Waals surface area contributed by atoms with Crippen LogP contribution in [-0.4, -0.2) is 39.3 Å². The number of carbonyl (C=O) groups is 1. The van der Waals surface area contributed by atoms with E-state index in [1.54, 1.807) is 0 Å². The highest BCUT2D eigenvalue weighted by Crippen LogP contribution is 2.24. The minimum atomic E-state index is -4.81. The Hall–Kier alpha value is -2.63. The van der Waals surface area contributed by atoms with E-state index in [0.717, 1.165) is 18.2 Å². The third-order valence-corrected chi connectivity index (χ3v) is 5.01. The van der Waals surface area contributed by atoms with Crippen LogP contribution in [0, 0.1) is 0 Å². The average Bonchev–Trinajstić information content (AvgIpc) is 2.61. The first-order chi connectivity index (χ1) is 12.5. The number of hydrogen-bond acceptors (Lipinski definition) is 5. The molecule has 0 fully saturated rings. The molecule has 11 heteroatoms. The second kappa shape index (κ2) is 7.94. The van der Waals surface area contributed by atoms with Gasteiger partial charge in [-0.1, -0.05) is 10.5 Å². The van der Waals surface area contributed by atoms with E-state index >= 15 is 0 Å². The van der Waals surface area contributed by atoms with Gasteiger partial charge in [0.05, 0.1) is 12.0 Å². The second-order valence-electron chi connectivity index (χ2n) is 5.15. The van der Waals surface area contributed by atoms with E-state index in [-0.39, 0.29) is 16.1 Å². The first-order valence-corrected chi connectivity index (χ1v) is 8.77. The quantitative estimate of drug-likeness (QED) is 0.749. The van der Waals surface area contributed by atoms with Crippen LogP contribution >= 0.6 is 0 Å². The number of halogens is 3. The second-order valence-corrected chi connectivity index (χ2v) is 7.09. The zero-order valence-corrected chi connectivity index (χ0v) is 15.0. The fourth-order valence-electron chi connectivity index (χ4n) is 1.99. The number of sulfonamides is 1. The summed E-state index contributed by atoms with van der Waals surface area (Å²) in [5.74, 6) is -1.08. The van der Waals surface area contributed by atoms with E-state index in [9.17, 15) is 26.4 Å². The summed E-state index contributed by atoms with van der Waals surface area (Å²) < 4.78 is 65.2. The van der Waals surface area contributed by atoms with Gasteiger partial charge in [0.25, 0.3) is 15.9 Å². The van der Waals surface area contributed by atoms with E-state index in [4.69, 9.17) is 0 Å². The first-order valence-electron chi connectivity index (χ1n) is 7.33. The van der Waals surface area contributed by atoms with Gasteiger partial charge in [0.15, 0.2) is 0 Å². The molecule has 2 aromatic rings. The molecule has 0 aliphatic rings. The third kappa shape index (κ3) is 5.42. The van der Waals surface area contributed by atoms with Gasteiger partial charge in [-0.25, -0.2) is 8.42 Å². The van der Waals surface area contributed by atoms with Gasteiger partial charge < -0.3 is 10.1 Å². The maximum Gasteiger partial charge on any atom is 0.573 e. The predicted molar refractivity (Wildman–Crippen MR) is 89.5 cm³/mol. The summed E-state index contributed by atoms with van der Waals surface area (Å²) in [7, 11) is -1.55. The van der Waals surface area contributed by atoms with E-state index in [1.165, 1.54) is 44.5 Å². The summed E-state index contributed by atoms with van der Waals surface area (Å²) in [6.45, 7) is 0. The van der Waals surface area contributed by atoms with Gasteiger partial charge >= 0.3 is 6.36 Å². The standard InChI is InChI=1S/C16H15F3N2O5S/c1-21(25-2)27(23,24)14-5-3-4-11(10-14)15(22)20-12-6-8-13(9-7-12)26-16(17,18)19/h3-10H,1-2H3,(H,20,22). The van der Waals surface area contributed by atoms with Gasteiger partial charge in [-0.15, -0.1) is 13.2 Å². The fraction of sp³-hybridized carbons (Fsp3) is 0.188. The van der Waals surface area contributed by atoms with Crippen molar-refractivity contribution in [1.82, 2.24) is 4.47 Å². The monoisotopic (exact) mass is 404 g/mol. The summed E-state index contributed by atoms with van der Waals surface area (Å²) >= 11 is 0. The summed E-state index contributed by atoms with van der Waals surface area (Å²) in [5, 5.41) is 2.45. The summed E-state index contributed by atoms with van der Waals surface area (Å²) in [5.41, 5.74) is 0.244. The van der Waals surface area contributed by atoms with Crippen molar-refractivity contribution < 1.29 is 36.0 Å². The molecule has 1 amide bonds. The Morgan fingerprint density at radius 2 is 1.74 bits per heavy atom. The van der Waals surface area contributed by atoms with Crippen LogP contribution in [0.5, 0.6) is 5.75 Å². The average molecular weight is 404 g/mol. The van der Waals surface area contributed by atoms with Crippen molar-refractivity contribution in [1.29, 1.82) is 0 Å². The third-order valence-electron chi connectivity index (χ3n) is 3.34. The van der Waals surface area contributed by atoms with Crippen molar-refractivity contribution in [2.24, 2.45) is 0 Å². The highest BCUT2D eigenvalue weighted by molar-refractivity contribution is 7.89. The van der Waals surface area contributed by atoms with Crippen LogP contribution in [0.2, 0.25) is 0 Å². The van der Waals surface area contributed by atoms with Gasteiger partial charge in [0.1, 0.15) is 5.75 Å². The zero-order valence-electron chi connectivity index (χ0n) is 14.1. The zero-order chi connectivity index (χ0) is 20.2. The number of nitrogens with zero attached hydrogens (tertiary/aromatic N) is 1. The summed E-state index contributed by atoms with van der Waals surface area (Å²) in [6, 6.07) is 9.74. The molecule has 2 aromatic carbocycles. The van der Waals surface area contributed by atoms with E-state index in [2.05, 4.69) is 14.9 Å². The number of ether oxygens (including phenoxy) is 1. The highest BCUT2D eigenvalue weighted by atomic mass is 32.2. The van der Waals surface area contributed by atoms with Crippen molar-refractivity contribution in [3.8, 4) is 5.75 Å². The molecule has 0 aliphatic carbocycles. The van der Waals surface area contributed by atoms with E-state index < -0.39 is 28.0 Å². The van der Waals surface area contributed by atoms with Crippen LogP contribution in [-0.2, 0) is 14.9 Å². The van der Waals surface area contributed by atoms with Crippen LogP contribution in [0.1, 0.15) is 10.4 Å². The minimum Gasteiger partial charge on any atom is -0.406 e. The largest absolute Gasteiger partial charge is 0.573 e. The lowest BCUT2D eigenvalue weighted by molar-refractivity contribution is -0.274. The molecular weight excluding hydrogens is 389 g/mol. The molecule has 7 nitrogen and oxygen atoms in total. The Kier molecular flexibility index (Phi) is 6.08. The Labute approximate surface area is 153 Å². The number of alkyl halides is 3. The highest BCUT2D eigenvalue weighted by Gasteiger charge is 2.31. The Morgan fingerprint density at radius 3 is 2.30 bits per heavy atom. The van der Waals surface area contributed by atoms with E-state index in [1.807, 2.05) is 0 Å². The molecular formula is C16H15F3N2O5S. The molecule has 0 atom stereocenters. The van der Waals surface area contributed by atoms with Gasteiger partial charge in [0.2, 0.25) is 0 Å². The molecule has 0 heterocycles. The van der Waals surface area contributed by atoms with Crippen LogP contribution in [0.25, 0.3) is 0 Å². The number of nitrogens with one attached hydrogen (secondary N) is 1. The molecule has 0 saturated carbocycles. The Balaban J connectivity index is 2.16. The number of benzene rings is 2. The molecule has 0 saturated heterocycles. The molecule has 27 heavy (non-hydrogen) atoms. The van der Waals surface area contributed by atoms with E-state index in [0.29, 0.717) is 4.47 Å². The number of hydrogen-bond donors (Lipinski definition) is 1. The number of amides is 1. The van der Waals surface area contributed by atoms with Crippen molar-refractivity contribution in [2.45, 2.75) is 11.3 Å². The van der Waals surface area contributed by atoms with Crippen LogP contribution < -0.4 is 10.1 Å². The van der Waals surface area contributed by atoms with Crippen molar-refractivity contribution >= 4 is 21.6 Å². The van der Waals surface area contributed by atoms with Crippen molar-refractivity contribution in [3.63, 3.8) is 0 Å². The molecule has 0 aromatic heterocycles. The van der Waals surface area contributed by atoms with Gasteiger partial charge in [-0.3, -0.25) is 9.63 Å². The first kappa shape index (κ1) is 20.7. The minimum absolute atomic E-state index is 0.0381. The fourth-order valence-corrected chi connectivity index (χ4v) is 3.01. The topological polar surface area (TPSA) is 84.9 Å². The maximum atomic E-state index is 12.3. The number of anilines is 1. The predicted octanol–water partition coefficient (Wildman–Crippen LogP) is 3.02. The van der Waals surface area contributed by atoms with Gasteiger partial charge in [0, 0.05) is 18.3 Å². The molecule has 1 N–H and O–H groups in total. The molecule has 0 radical (unpaired) electrons. The molecule has 0 unspecified atom stereocenters. The summed E-state index contributed by atoms with van der Waals surface area (Å²) in [6.07, 6.45) is -4.81. The number of rotatable bonds is 6. The van der Waals surface area contributed by atoms with Crippen molar-refractivity contribution in [2.75, 3.05) is 19.5 Å². The molecule has 146 valence electrons. The Morgan fingerprint density at radius 1 is 1.11 bits per heavy atom. The maximum absolute atomic E-state index is 12.3. The molecule has 0 spiro atoms. The van der Waals surface area contributed by atoms with Crippen molar-refractivity contribution in [3.05, 3.63) is 54.1 Å². The number of hydroxylamine groups is 1. The molecule has 0 bridgehead atoms. The van der Waals surface area contributed by atoms with Gasteiger partial charge in [-0.05, 0) is 42.5 Å². The molecule has 2 rings (SSSR count). The normalized spacial score (nSPS) is 12.1. The smallest absolute Gasteiger partial charge is 0.406 e. The molecule has 0 aliphatic heterocycles. The number of carbonyl (C=O) groups excluding carboxylic acids is 1. The van der Waals surface area contributed by atoms with Crippen LogP contribution in [0.15, 0.2) is 53.4 Å². The van der Waals surface area contributed by atoms with Crippen LogP contribution in [0.3, 0.4) is 0 Å². The lowest BCUT2D eigenvalue weighted by Gasteiger charge is -2.14. The summed E-state index contributed by atoms with van der Waals surface area (Å²) in [4.78, 5) is 16.8. The SMILES string of the molecule is CON(C)S(=O)(=O)c1cccc(C(=O)Nc2ccc(OC(F)(F)F)cc2)c1. The Bertz CT molecular complexity index is 914. The van der Waals surface area contributed by atoms with Crippen LogP contribution in [0.4, 0.5) is 18.9 Å². The lowest BCUT2D eigenvalue weighted by atomic mass is 10.2. The van der Waals surface area contributed by atoms with Gasteiger partial charge in [-0.2, -0.15) is 0 Å².